The number of aliphatic hydroxyl groups excluding tert-OH is 4. The van der Waals surface area contributed by atoms with Crippen molar-refractivity contribution in [2.45, 2.75) is 173 Å². The number of rotatable bonds is 34. The molecule has 28 heteroatoms. The minimum Gasteiger partial charge on any atom is -0.479 e. The number of nitrogens with one attached hydrogen (secondary N) is 4. The van der Waals surface area contributed by atoms with E-state index in [1.807, 2.05) is 19.9 Å². The van der Waals surface area contributed by atoms with Gasteiger partial charge >= 0.3 is 12.1 Å². The van der Waals surface area contributed by atoms with Gasteiger partial charge in [0, 0.05) is 52.7 Å². The van der Waals surface area contributed by atoms with E-state index in [4.69, 9.17) is 29.6 Å². The van der Waals surface area contributed by atoms with Crippen LogP contribution in [0.25, 0.3) is 0 Å². The molecular formula is C60H94N8O19S. The Bertz CT molecular complexity index is 2610. The Labute approximate surface area is 519 Å². The Morgan fingerprint density at radius 2 is 1.53 bits per heavy atom. The number of anilines is 1. The number of aliphatic carboxylic acids is 1. The average molecular weight is 1260 g/mol. The van der Waals surface area contributed by atoms with Crippen molar-refractivity contribution in [1.82, 2.24) is 30.7 Å². The van der Waals surface area contributed by atoms with Crippen molar-refractivity contribution in [1.29, 1.82) is 0 Å². The third kappa shape index (κ3) is 20.4. The second-order valence-corrected chi connectivity index (χ2v) is 24.2. The molecule has 494 valence electrons. The lowest BCUT2D eigenvalue weighted by molar-refractivity contribution is -0.271. The highest BCUT2D eigenvalue weighted by Gasteiger charge is 2.49. The Balaban J connectivity index is 1.50. The molecule has 0 bridgehead atoms. The number of benzene rings is 2. The highest BCUT2D eigenvalue weighted by atomic mass is 32.2. The van der Waals surface area contributed by atoms with E-state index in [1.54, 1.807) is 77.8 Å². The lowest BCUT2D eigenvalue weighted by Crippen LogP contribution is -2.61. The van der Waals surface area contributed by atoms with Crippen molar-refractivity contribution in [2.75, 3.05) is 64.8 Å². The van der Waals surface area contributed by atoms with Gasteiger partial charge in [-0.1, -0.05) is 85.2 Å². The minimum atomic E-state index is -2.02. The molecule has 11 N–H and O–H groups in total. The van der Waals surface area contributed by atoms with E-state index in [1.165, 1.54) is 56.1 Å². The molecule has 2 aliphatic heterocycles. The number of amides is 7. The number of ether oxygens (including phenoxy) is 5. The zero-order chi connectivity index (χ0) is 65.7. The number of aliphatic hydroxyl groups is 4. The van der Waals surface area contributed by atoms with Gasteiger partial charge in [0.05, 0.1) is 54.5 Å². The van der Waals surface area contributed by atoms with Crippen LogP contribution in [0.15, 0.2) is 48.5 Å². The highest BCUT2D eigenvalue weighted by molar-refractivity contribution is 7.99. The first-order valence-corrected chi connectivity index (χ1v) is 30.8. The number of likely N-dealkylation sites (tertiary alicyclic amines) is 1. The lowest BCUT2D eigenvalue weighted by atomic mass is 9.89. The van der Waals surface area contributed by atoms with Gasteiger partial charge < -0.3 is 80.3 Å². The monoisotopic (exact) mass is 1260 g/mol. The smallest absolute Gasteiger partial charge is 0.410 e. The summed E-state index contributed by atoms with van der Waals surface area (Å²) in [4.78, 5) is 117. The predicted molar refractivity (Wildman–Crippen MR) is 324 cm³/mol. The fourth-order valence-electron chi connectivity index (χ4n) is 11.0. The number of carboxylic acids is 1. The van der Waals surface area contributed by atoms with E-state index < -0.39 is 139 Å². The van der Waals surface area contributed by atoms with Crippen LogP contribution in [0.2, 0.25) is 0 Å². The maximum atomic E-state index is 14.9. The molecule has 2 saturated heterocycles. The molecule has 2 heterocycles. The zero-order valence-electron chi connectivity index (χ0n) is 52.5. The highest BCUT2D eigenvalue weighted by Crippen LogP contribution is 2.33. The average Bonchev–Trinajstić information content (AvgIpc) is 2.49. The SMILES string of the molecule is CC[C@H](C)C([C@@H](CC(=O)N1CCC[C@H]1[C@H](OC)[C@@H](C)C(=O)N[C@H](C)[C@@H](O)c1ccccc1)OC)N(C)C(=O)[C@@H](NC(=O)C(C(C)C)N(C)C(=O)OCc1cc(NC(=O)CSCCCNC(=O)CON)ccc1OC1OC(C(=O)O)C(O)C(O)C1O)C(C)C. The number of hydrogen-bond donors (Lipinski definition) is 10. The largest absolute Gasteiger partial charge is 0.479 e. The third-order valence-corrected chi connectivity index (χ3v) is 17.1. The molecule has 2 aromatic rings. The maximum absolute atomic E-state index is 14.9. The van der Waals surface area contributed by atoms with E-state index in [-0.39, 0.29) is 53.5 Å². The molecule has 0 radical (unpaired) electrons. The number of carbonyl (C=O) groups is 8. The van der Waals surface area contributed by atoms with Gasteiger partial charge in [-0.25, -0.2) is 15.5 Å². The second kappa shape index (κ2) is 35.8. The van der Waals surface area contributed by atoms with E-state index >= 15 is 0 Å². The minimum absolute atomic E-state index is 0.00173. The second-order valence-electron chi connectivity index (χ2n) is 23.1. The van der Waals surface area contributed by atoms with Crippen LogP contribution in [0.3, 0.4) is 0 Å². The molecule has 7 amide bonds. The van der Waals surface area contributed by atoms with Gasteiger partial charge in [-0.05, 0) is 73.5 Å². The number of nitrogens with two attached hydrogens (primary N) is 1. The summed E-state index contributed by atoms with van der Waals surface area (Å²) < 4.78 is 29.0. The maximum Gasteiger partial charge on any atom is 0.410 e. The van der Waals surface area contributed by atoms with Gasteiger partial charge in [0.2, 0.25) is 41.7 Å². The van der Waals surface area contributed by atoms with Gasteiger partial charge in [0.1, 0.15) is 49.4 Å². The summed E-state index contributed by atoms with van der Waals surface area (Å²) in [6, 6.07) is 8.95. The molecule has 27 nitrogen and oxygen atoms in total. The van der Waals surface area contributed by atoms with E-state index in [9.17, 15) is 63.9 Å². The summed E-state index contributed by atoms with van der Waals surface area (Å²) in [6.45, 7) is 14.1. The first-order valence-electron chi connectivity index (χ1n) is 29.7. The number of carbonyl (C=O) groups excluding carboxylic acids is 7. The van der Waals surface area contributed by atoms with E-state index in [2.05, 4.69) is 26.1 Å². The standard InChI is InChI=1S/C60H94N8O19S/c1-13-34(6)48(42(82-11)28-45(71)68-25-17-21-40(68)53(83-12)35(7)55(76)63-36(8)49(72)37-19-15-14-16-20-37)66(9)57(78)46(32(2)3)65-56(77)47(33(4)5)67(10)60(81)84-29-38-27-39(64-44(70)31-88-26-18-24-62-43(69)30-85-61)22-23-41(38)86-59-52(75)50(73)51(74)54(87-59)58(79)80/h14-16,19-20,22-23,27,32-36,40,42,46-54,59,72-75H,13,17-18,21,24-26,28-31,61H2,1-12H3,(H,62,69)(H,63,76)(H,64,70)(H,65,77)(H,79,80)/t34-,35+,36+,40-,42+,46-,47?,48?,49+,50?,51?,52?,53+,54?,59?/m0/s1. The van der Waals surface area contributed by atoms with E-state index in [0.717, 1.165) is 4.90 Å². The van der Waals surface area contributed by atoms with Gasteiger partial charge in [-0.2, -0.15) is 11.8 Å². The van der Waals surface area contributed by atoms with Crippen molar-refractivity contribution < 1.29 is 92.4 Å². The van der Waals surface area contributed by atoms with Crippen LogP contribution in [0, 0.1) is 23.7 Å². The predicted octanol–water partition coefficient (Wildman–Crippen LogP) is 1.92. The summed E-state index contributed by atoms with van der Waals surface area (Å²) >= 11 is 1.28. The van der Waals surface area contributed by atoms with Crippen molar-refractivity contribution in [3.63, 3.8) is 0 Å². The van der Waals surface area contributed by atoms with Gasteiger partial charge in [0.15, 0.2) is 6.10 Å². The Hall–Kier alpha value is -6.21. The summed E-state index contributed by atoms with van der Waals surface area (Å²) in [5, 5.41) is 63.3. The summed E-state index contributed by atoms with van der Waals surface area (Å²) in [7, 11) is 5.89. The molecule has 0 saturated carbocycles. The molecule has 0 aromatic heterocycles. The van der Waals surface area contributed by atoms with Crippen LogP contribution in [-0.2, 0) is 64.0 Å². The number of thioether (sulfide) groups is 1. The first kappa shape index (κ1) is 74.3. The fraction of sp³-hybridized carbons (Fsp3) is 0.667. The van der Waals surface area contributed by atoms with Crippen LogP contribution < -0.4 is 31.9 Å². The number of nitrogens with zero attached hydrogens (tertiary/aromatic N) is 3. The van der Waals surface area contributed by atoms with Gasteiger partial charge in [-0.15, -0.1) is 0 Å². The number of carboxylic acid groups (broad SMARTS) is 1. The molecule has 2 aromatic carbocycles. The quantitative estimate of drug-likeness (QED) is 0.0353. The zero-order valence-corrected chi connectivity index (χ0v) is 53.3. The van der Waals surface area contributed by atoms with Crippen LogP contribution in [0.4, 0.5) is 10.5 Å². The summed E-state index contributed by atoms with van der Waals surface area (Å²) in [6.07, 6.45) is -11.1. The van der Waals surface area contributed by atoms with Crippen LogP contribution in [-0.4, -0.2) is 220 Å². The molecule has 88 heavy (non-hydrogen) atoms. The van der Waals surface area contributed by atoms with Gasteiger partial charge in [-0.3, -0.25) is 38.5 Å². The van der Waals surface area contributed by atoms with Crippen LogP contribution in [0.1, 0.15) is 105 Å². The van der Waals surface area contributed by atoms with E-state index in [0.29, 0.717) is 50.1 Å². The van der Waals surface area contributed by atoms with Crippen molar-refractivity contribution in [3.8, 4) is 5.75 Å². The summed E-state index contributed by atoms with van der Waals surface area (Å²) in [5.74, 6) is -0.982. The molecule has 0 aliphatic carbocycles. The molecule has 2 fully saturated rings. The van der Waals surface area contributed by atoms with Crippen LogP contribution in [0.5, 0.6) is 5.75 Å². The third-order valence-electron chi connectivity index (χ3n) is 16.1. The Kier molecular flexibility index (Phi) is 30.2. The lowest BCUT2D eigenvalue weighted by Gasteiger charge is -2.41. The first-order chi connectivity index (χ1) is 41.6. The number of hydrogen-bond acceptors (Lipinski definition) is 20. The fourth-order valence-corrected chi connectivity index (χ4v) is 11.7. The molecule has 2 aliphatic rings. The van der Waals surface area contributed by atoms with Crippen molar-refractivity contribution in [3.05, 3.63) is 59.7 Å². The molecule has 0 spiro atoms. The number of likely N-dealkylation sites (N-methyl/N-ethyl adjacent to an activating group) is 2. The Morgan fingerprint density at radius 3 is 2.14 bits per heavy atom. The summed E-state index contributed by atoms with van der Waals surface area (Å²) in [5.41, 5.74) is 0.889. The molecular weight excluding hydrogens is 1170 g/mol. The Morgan fingerprint density at radius 1 is 0.852 bits per heavy atom. The normalized spacial score (nSPS) is 21.6. The topological polar surface area (TPSA) is 377 Å². The molecule has 15 atom stereocenters. The van der Waals surface area contributed by atoms with Crippen molar-refractivity contribution >= 4 is 65.0 Å². The van der Waals surface area contributed by atoms with Crippen molar-refractivity contribution in [2.24, 2.45) is 29.6 Å². The number of methoxy groups -OCH3 is 2. The molecule has 7 unspecified atom stereocenters. The van der Waals surface area contributed by atoms with Gasteiger partial charge in [0.25, 0.3) is 0 Å². The van der Waals surface area contributed by atoms with Crippen LogP contribution >= 0.6 is 11.8 Å². The molecule has 4 rings (SSSR count).